The third-order valence-electron chi connectivity index (χ3n) is 4.59. The molecule has 0 aromatic rings. The van der Waals surface area contributed by atoms with Crippen molar-refractivity contribution < 1.29 is 5.11 Å². The van der Waals surface area contributed by atoms with Crippen LogP contribution in [0.3, 0.4) is 0 Å². The molecule has 0 spiro atoms. The standard InChI is InChI=1S/C20H43NO/c1-3-4-5-6-7-8-9-10-11-12-13-14-15-16-18-21(2)19-17-20-22/h22H,3-20H2,1-2H3. The second-order valence-corrected chi connectivity index (χ2v) is 6.98. The average molecular weight is 314 g/mol. The minimum atomic E-state index is 0.322. The summed E-state index contributed by atoms with van der Waals surface area (Å²) >= 11 is 0. The fraction of sp³-hybridized carbons (Fsp3) is 1.00. The highest BCUT2D eigenvalue weighted by molar-refractivity contribution is 4.53. The zero-order chi connectivity index (χ0) is 16.3. The Morgan fingerprint density at radius 1 is 0.545 bits per heavy atom. The molecule has 0 atom stereocenters. The van der Waals surface area contributed by atoms with Crippen LogP contribution in [-0.4, -0.2) is 36.8 Å². The van der Waals surface area contributed by atoms with E-state index in [2.05, 4.69) is 18.9 Å². The largest absolute Gasteiger partial charge is 0.396 e. The van der Waals surface area contributed by atoms with Crippen LogP contribution in [-0.2, 0) is 0 Å². The van der Waals surface area contributed by atoms with Crippen LogP contribution < -0.4 is 0 Å². The van der Waals surface area contributed by atoms with Gasteiger partial charge in [-0.15, -0.1) is 0 Å². The predicted octanol–water partition coefficient (Wildman–Crippen LogP) is 5.78. The van der Waals surface area contributed by atoms with Crippen LogP contribution in [0.1, 0.15) is 103 Å². The Kier molecular flexibility index (Phi) is 18.9. The van der Waals surface area contributed by atoms with Gasteiger partial charge in [0.25, 0.3) is 0 Å². The lowest BCUT2D eigenvalue weighted by atomic mass is 10.0. The first kappa shape index (κ1) is 21.9. The van der Waals surface area contributed by atoms with Crippen molar-refractivity contribution in [2.75, 3.05) is 26.7 Å². The van der Waals surface area contributed by atoms with E-state index in [9.17, 15) is 0 Å². The molecule has 134 valence electrons. The Labute approximate surface area is 140 Å². The van der Waals surface area contributed by atoms with Gasteiger partial charge in [-0.3, -0.25) is 0 Å². The van der Waals surface area contributed by atoms with E-state index in [1.165, 1.54) is 96.4 Å². The van der Waals surface area contributed by atoms with E-state index in [0.29, 0.717) is 6.61 Å². The lowest BCUT2D eigenvalue weighted by Crippen LogP contribution is -2.21. The molecule has 0 rings (SSSR count). The summed E-state index contributed by atoms with van der Waals surface area (Å²) in [6.45, 7) is 4.84. The van der Waals surface area contributed by atoms with Crippen LogP contribution in [0.2, 0.25) is 0 Å². The third kappa shape index (κ3) is 18.0. The average Bonchev–Trinajstić information content (AvgIpc) is 2.53. The van der Waals surface area contributed by atoms with Crippen LogP contribution in [0.4, 0.5) is 0 Å². The lowest BCUT2D eigenvalue weighted by Gasteiger charge is -2.15. The van der Waals surface area contributed by atoms with Gasteiger partial charge < -0.3 is 10.0 Å². The maximum absolute atomic E-state index is 8.78. The maximum Gasteiger partial charge on any atom is 0.0443 e. The molecule has 0 saturated carbocycles. The smallest absolute Gasteiger partial charge is 0.0443 e. The molecule has 0 unspecified atom stereocenters. The molecule has 0 saturated heterocycles. The van der Waals surface area contributed by atoms with Crippen molar-refractivity contribution >= 4 is 0 Å². The number of aliphatic hydroxyl groups excluding tert-OH is 1. The number of aliphatic hydroxyl groups is 1. The molecule has 0 heterocycles. The monoisotopic (exact) mass is 313 g/mol. The molecule has 0 radical (unpaired) electrons. The molecule has 0 aliphatic rings. The molecule has 0 fully saturated rings. The topological polar surface area (TPSA) is 23.5 Å². The highest BCUT2D eigenvalue weighted by Crippen LogP contribution is 2.12. The van der Waals surface area contributed by atoms with Crippen molar-refractivity contribution in [2.45, 2.75) is 103 Å². The van der Waals surface area contributed by atoms with Gasteiger partial charge in [0, 0.05) is 13.2 Å². The van der Waals surface area contributed by atoms with Crippen LogP contribution in [0.15, 0.2) is 0 Å². The molecule has 1 N–H and O–H groups in total. The molecular weight excluding hydrogens is 270 g/mol. The summed E-state index contributed by atoms with van der Waals surface area (Å²) in [6.07, 6.45) is 20.9. The summed E-state index contributed by atoms with van der Waals surface area (Å²) in [7, 11) is 2.16. The quantitative estimate of drug-likeness (QED) is 0.324. The predicted molar refractivity (Wildman–Crippen MR) is 99.5 cm³/mol. The second-order valence-electron chi connectivity index (χ2n) is 6.98. The Bertz CT molecular complexity index is 196. The minimum absolute atomic E-state index is 0.322. The molecule has 0 aromatic carbocycles. The molecule has 0 aliphatic carbocycles. The van der Waals surface area contributed by atoms with E-state index in [4.69, 9.17) is 5.11 Å². The summed E-state index contributed by atoms with van der Waals surface area (Å²) in [5, 5.41) is 8.78. The van der Waals surface area contributed by atoms with Gasteiger partial charge in [-0.05, 0) is 26.4 Å². The number of rotatable bonds is 18. The molecule has 22 heavy (non-hydrogen) atoms. The van der Waals surface area contributed by atoms with E-state index < -0.39 is 0 Å². The number of nitrogens with zero attached hydrogens (tertiary/aromatic N) is 1. The SMILES string of the molecule is CCCCCCCCCCCCCCCCN(C)CCCO. The van der Waals surface area contributed by atoms with Gasteiger partial charge in [-0.1, -0.05) is 90.4 Å². The second kappa shape index (κ2) is 19.0. The fourth-order valence-electron chi connectivity index (χ4n) is 3.03. The Balaban J connectivity index is 3.02. The summed E-state index contributed by atoms with van der Waals surface area (Å²) in [5.41, 5.74) is 0. The van der Waals surface area contributed by atoms with Gasteiger partial charge >= 0.3 is 0 Å². The molecular formula is C20H43NO. The first-order valence-electron chi connectivity index (χ1n) is 10.1. The first-order chi connectivity index (χ1) is 10.8. The fourth-order valence-corrected chi connectivity index (χ4v) is 3.03. The third-order valence-corrected chi connectivity index (χ3v) is 4.59. The van der Waals surface area contributed by atoms with Crippen LogP contribution in [0, 0.1) is 0 Å². The molecule has 0 bridgehead atoms. The van der Waals surface area contributed by atoms with E-state index in [0.717, 1.165) is 13.0 Å². The molecule has 0 aliphatic heterocycles. The van der Waals surface area contributed by atoms with Crippen molar-refractivity contribution in [1.82, 2.24) is 4.90 Å². The van der Waals surface area contributed by atoms with Crippen LogP contribution in [0.5, 0.6) is 0 Å². The van der Waals surface area contributed by atoms with Crippen LogP contribution >= 0.6 is 0 Å². The number of hydrogen-bond acceptors (Lipinski definition) is 2. The molecule has 2 heteroatoms. The summed E-state index contributed by atoms with van der Waals surface area (Å²) in [4.78, 5) is 2.34. The number of hydrogen-bond donors (Lipinski definition) is 1. The summed E-state index contributed by atoms with van der Waals surface area (Å²) in [6, 6.07) is 0. The van der Waals surface area contributed by atoms with E-state index in [1.54, 1.807) is 0 Å². The zero-order valence-corrected chi connectivity index (χ0v) is 15.6. The zero-order valence-electron chi connectivity index (χ0n) is 15.6. The highest BCUT2D eigenvalue weighted by atomic mass is 16.3. The van der Waals surface area contributed by atoms with Gasteiger partial charge in [-0.2, -0.15) is 0 Å². The van der Waals surface area contributed by atoms with Crippen molar-refractivity contribution in [3.8, 4) is 0 Å². The van der Waals surface area contributed by atoms with Crippen molar-refractivity contribution in [3.05, 3.63) is 0 Å². The normalized spacial score (nSPS) is 11.5. The molecule has 2 nitrogen and oxygen atoms in total. The summed E-state index contributed by atoms with van der Waals surface area (Å²) < 4.78 is 0. The Morgan fingerprint density at radius 2 is 0.909 bits per heavy atom. The van der Waals surface area contributed by atoms with Gasteiger partial charge in [0.2, 0.25) is 0 Å². The van der Waals surface area contributed by atoms with Crippen molar-refractivity contribution in [1.29, 1.82) is 0 Å². The van der Waals surface area contributed by atoms with E-state index in [-0.39, 0.29) is 0 Å². The minimum Gasteiger partial charge on any atom is -0.396 e. The van der Waals surface area contributed by atoms with Gasteiger partial charge in [0.05, 0.1) is 0 Å². The maximum atomic E-state index is 8.78. The Hall–Kier alpha value is -0.0800. The Morgan fingerprint density at radius 3 is 1.32 bits per heavy atom. The first-order valence-corrected chi connectivity index (χ1v) is 10.1. The highest BCUT2D eigenvalue weighted by Gasteiger charge is 1.98. The van der Waals surface area contributed by atoms with Crippen LogP contribution in [0.25, 0.3) is 0 Å². The van der Waals surface area contributed by atoms with Crippen molar-refractivity contribution in [3.63, 3.8) is 0 Å². The van der Waals surface area contributed by atoms with E-state index >= 15 is 0 Å². The van der Waals surface area contributed by atoms with E-state index in [1.807, 2.05) is 0 Å². The molecule has 0 aromatic heterocycles. The summed E-state index contributed by atoms with van der Waals surface area (Å²) in [5.74, 6) is 0. The number of unbranched alkanes of at least 4 members (excludes halogenated alkanes) is 13. The lowest BCUT2D eigenvalue weighted by molar-refractivity contribution is 0.245. The van der Waals surface area contributed by atoms with Gasteiger partial charge in [0.1, 0.15) is 0 Å². The van der Waals surface area contributed by atoms with Gasteiger partial charge in [-0.25, -0.2) is 0 Å². The molecule has 0 amide bonds. The van der Waals surface area contributed by atoms with Gasteiger partial charge in [0.15, 0.2) is 0 Å². The van der Waals surface area contributed by atoms with Crippen molar-refractivity contribution in [2.24, 2.45) is 0 Å².